The van der Waals surface area contributed by atoms with Crippen molar-refractivity contribution in [2.75, 3.05) is 13.6 Å². The normalized spacial score (nSPS) is 9.79. The predicted molar refractivity (Wildman–Crippen MR) is 47.8 cm³/mol. The molecule has 0 radical (unpaired) electrons. The molecule has 1 rings (SSSR count). The van der Waals surface area contributed by atoms with E-state index in [1.165, 1.54) is 17.4 Å². The summed E-state index contributed by atoms with van der Waals surface area (Å²) in [6, 6.07) is 0. The Hall–Kier alpha value is -1.85. The monoisotopic (exact) mass is 197 g/mol. The van der Waals surface area contributed by atoms with E-state index in [2.05, 4.69) is 9.97 Å². The second-order valence-corrected chi connectivity index (χ2v) is 2.84. The molecule has 1 aromatic heterocycles. The Morgan fingerprint density at radius 2 is 2.36 bits per heavy atom. The van der Waals surface area contributed by atoms with E-state index in [1.807, 2.05) is 0 Å². The van der Waals surface area contributed by atoms with Crippen molar-refractivity contribution in [2.45, 2.75) is 6.42 Å². The number of H-pyrrole nitrogens is 1. The first-order valence-electron chi connectivity index (χ1n) is 4.07. The van der Waals surface area contributed by atoms with Crippen molar-refractivity contribution in [1.82, 2.24) is 14.9 Å². The van der Waals surface area contributed by atoms with Gasteiger partial charge in [0.2, 0.25) is 0 Å². The van der Waals surface area contributed by atoms with Gasteiger partial charge in [-0.1, -0.05) is 0 Å². The maximum atomic E-state index is 11.5. The van der Waals surface area contributed by atoms with E-state index in [4.69, 9.17) is 5.11 Å². The lowest BCUT2D eigenvalue weighted by Crippen LogP contribution is -2.29. The molecule has 0 atom stereocenters. The molecule has 0 bridgehead atoms. The Labute approximate surface area is 80.6 Å². The van der Waals surface area contributed by atoms with Gasteiger partial charge in [-0.25, -0.2) is 4.98 Å². The minimum atomic E-state index is -0.922. The van der Waals surface area contributed by atoms with Crippen LogP contribution in [0.25, 0.3) is 0 Å². The minimum absolute atomic E-state index is 0.0591. The maximum Gasteiger partial charge on any atom is 0.305 e. The quantitative estimate of drug-likeness (QED) is 0.708. The zero-order valence-electron chi connectivity index (χ0n) is 7.73. The van der Waals surface area contributed by atoms with Crippen molar-refractivity contribution in [1.29, 1.82) is 0 Å². The number of rotatable bonds is 4. The molecule has 0 fully saturated rings. The van der Waals surface area contributed by atoms with Gasteiger partial charge < -0.3 is 15.0 Å². The summed E-state index contributed by atoms with van der Waals surface area (Å²) in [5, 5.41) is 8.42. The van der Waals surface area contributed by atoms with Crippen LogP contribution in [-0.2, 0) is 4.79 Å². The molecule has 6 nitrogen and oxygen atoms in total. The molecular formula is C8H11N3O3. The number of imidazole rings is 1. The summed E-state index contributed by atoms with van der Waals surface area (Å²) in [6.07, 6.45) is 2.74. The second kappa shape index (κ2) is 4.40. The van der Waals surface area contributed by atoms with Crippen molar-refractivity contribution in [3.63, 3.8) is 0 Å². The summed E-state index contributed by atoms with van der Waals surface area (Å²) in [7, 11) is 1.55. The molecule has 1 heterocycles. The zero-order valence-corrected chi connectivity index (χ0v) is 7.73. The molecule has 0 unspecified atom stereocenters. The van der Waals surface area contributed by atoms with Crippen LogP contribution in [0, 0.1) is 0 Å². The summed E-state index contributed by atoms with van der Waals surface area (Å²) in [5.74, 6) is -1.18. The van der Waals surface area contributed by atoms with Gasteiger partial charge in [0.05, 0.1) is 18.9 Å². The van der Waals surface area contributed by atoms with Crippen molar-refractivity contribution in [3.05, 3.63) is 18.2 Å². The van der Waals surface area contributed by atoms with Crippen molar-refractivity contribution < 1.29 is 14.7 Å². The van der Waals surface area contributed by atoms with Crippen LogP contribution in [0.3, 0.4) is 0 Å². The summed E-state index contributed by atoms with van der Waals surface area (Å²) in [6.45, 7) is 0.188. The first-order chi connectivity index (χ1) is 6.61. The SMILES string of the molecule is CN(CCC(=O)O)C(=O)c1cnc[nH]1. The first kappa shape index (κ1) is 10.2. The van der Waals surface area contributed by atoms with Crippen LogP contribution >= 0.6 is 0 Å². The Kier molecular flexibility index (Phi) is 3.22. The van der Waals surface area contributed by atoms with E-state index >= 15 is 0 Å². The molecule has 1 amide bonds. The highest BCUT2D eigenvalue weighted by molar-refractivity contribution is 5.92. The van der Waals surface area contributed by atoms with Gasteiger partial charge in [0.1, 0.15) is 5.69 Å². The van der Waals surface area contributed by atoms with Gasteiger partial charge in [-0.2, -0.15) is 0 Å². The summed E-state index contributed by atoms with van der Waals surface area (Å²) in [4.78, 5) is 29.4. The van der Waals surface area contributed by atoms with Crippen LogP contribution in [0.15, 0.2) is 12.5 Å². The van der Waals surface area contributed by atoms with Gasteiger partial charge in [-0.3, -0.25) is 9.59 Å². The third-order valence-electron chi connectivity index (χ3n) is 1.74. The average Bonchev–Trinajstić information content (AvgIpc) is 2.65. The van der Waals surface area contributed by atoms with Crippen LogP contribution in [0.2, 0.25) is 0 Å². The second-order valence-electron chi connectivity index (χ2n) is 2.84. The lowest BCUT2D eigenvalue weighted by Gasteiger charge is -2.14. The highest BCUT2D eigenvalue weighted by Gasteiger charge is 2.13. The summed E-state index contributed by atoms with van der Waals surface area (Å²) < 4.78 is 0. The molecule has 0 spiro atoms. The van der Waals surface area contributed by atoms with Crippen LogP contribution in [0.4, 0.5) is 0 Å². The minimum Gasteiger partial charge on any atom is -0.481 e. The first-order valence-corrected chi connectivity index (χ1v) is 4.07. The highest BCUT2D eigenvalue weighted by Crippen LogP contribution is 1.98. The van der Waals surface area contributed by atoms with Gasteiger partial charge >= 0.3 is 5.97 Å². The fourth-order valence-corrected chi connectivity index (χ4v) is 0.943. The average molecular weight is 197 g/mol. The van der Waals surface area contributed by atoms with Crippen LogP contribution in [0.1, 0.15) is 16.9 Å². The molecule has 6 heteroatoms. The smallest absolute Gasteiger partial charge is 0.305 e. The number of carbonyl (C=O) groups is 2. The largest absolute Gasteiger partial charge is 0.481 e. The number of aromatic amines is 1. The lowest BCUT2D eigenvalue weighted by atomic mass is 10.3. The van der Waals surface area contributed by atoms with Crippen molar-refractivity contribution in [3.8, 4) is 0 Å². The summed E-state index contributed by atoms with van der Waals surface area (Å²) >= 11 is 0. The third kappa shape index (κ3) is 2.58. The molecule has 0 aliphatic rings. The number of aromatic nitrogens is 2. The topological polar surface area (TPSA) is 86.3 Å². The van der Waals surface area contributed by atoms with E-state index < -0.39 is 5.97 Å². The van der Waals surface area contributed by atoms with E-state index in [0.29, 0.717) is 5.69 Å². The van der Waals surface area contributed by atoms with Gasteiger partial charge in [-0.05, 0) is 0 Å². The number of amides is 1. The van der Waals surface area contributed by atoms with E-state index in [0.717, 1.165) is 0 Å². The Balaban J connectivity index is 2.49. The zero-order chi connectivity index (χ0) is 10.6. The van der Waals surface area contributed by atoms with Gasteiger partial charge in [0, 0.05) is 13.6 Å². The molecule has 0 aliphatic heterocycles. The molecule has 76 valence electrons. The number of nitrogens with one attached hydrogen (secondary N) is 1. The van der Waals surface area contributed by atoms with Gasteiger partial charge in [-0.15, -0.1) is 0 Å². The number of carbonyl (C=O) groups excluding carboxylic acids is 1. The van der Waals surface area contributed by atoms with Crippen molar-refractivity contribution in [2.24, 2.45) is 0 Å². The van der Waals surface area contributed by atoms with Crippen LogP contribution < -0.4 is 0 Å². The standard InChI is InChI=1S/C8H11N3O3/c1-11(3-2-7(12)13)8(14)6-4-9-5-10-6/h4-5H,2-3H2,1H3,(H,9,10)(H,12,13). The summed E-state index contributed by atoms with van der Waals surface area (Å²) in [5.41, 5.74) is 0.359. The maximum absolute atomic E-state index is 11.5. The van der Waals surface area contributed by atoms with Crippen molar-refractivity contribution >= 4 is 11.9 Å². The van der Waals surface area contributed by atoms with E-state index in [1.54, 1.807) is 7.05 Å². The highest BCUT2D eigenvalue weighted by atomic mass is 16.4. The number of hydrogen-bond donors (Lipinski definition) is 2. The molecular weight excluding hydrogens is 186 g/mol. The van der Waals surface area contributed by atoms with Gasteiger partial charge in [0.15, 0.2) is 0 Å². The fourth-order valence-electron chi connectivity index (χ4n) is 0.943. The van der Waals surface area contributed by atoms with E-state index in [-0.39, 0.29) is 18.9 Å². The molecule has 0 saturated carbocycles. The Morgan fingerprint density at radius 3 is 2.86 bits per heavy atom. The van der Waals surface area contributed by atoms with Gasteiger partial charge in [0.25, 0.3) is 5.91 Å². The number of nitrogens with zero attached hydrogens (tertiary/aromatic N) is 2. The Morgan fingerprint density at radius 1 is 1.64 bits per heavy atom. The van der Waals surface area contributed by atoms with Crippen LogP contribution in [-0.4, -0.2) is 45.4 Å². The van der Waals surface area contributed by atoms with E-state index in [9.17, 15) is 9.59 Å². The molecule has 2 N–H and O–H groups in total. The molecule has 0 aliphatic carbocycles. The Bertz CT molecular complexity index is 321. The molecule has 0 aromatic carbocycles. The fraction of sp³-hybridized carbons (Fsp3) is 0.375. The molecule has 1 aromatic rings. The number of aliphatic carboxylic acids is 1. The van der Waals surface area contributed by atoms with Crippen LogP contribution in [0.5, 0.6) is 0 Å². The third-order valence-corrected chi connectivity index (χ3v) is 1.74. The number of hydrogen-bond acceptors (Lipinski definition) is 3. The molecule has 0 saturated heterocycles. The lowest BCUT2D eigenvalue weighted by molar-refractivity contribution is -0.137. The number of carboxylic acids is 1. The number of carboxylic acid groups (broad SMARTS) is 1. The molecule has 14 heavy (non-hydrogen) atoms. The predicted octanol–water partition coefficient (Wildman–Crippen LogP) is -0.0436.